The van der Waals surface area contributed by atoms with Crippen LogP contribution in [0.1, 0.15) is 70.1 Å². The summed E-state index contributed by atoms with van der Waals surface area (Å²) >= 11 is 0. The average Bonchev–Trinajstić information content (AvgIpc) is 2.88. The second-order valence-electron chi connectivity index (χ2n) is 10.6. The Morgan fingerprint density at radius 3 is 2.24 bits per heavy atom. The van der Waals surface area contributed by atoms with E-state index < -0.39 is 11.9 Å². The lowest BCUT2D eigenvalue weighted by Crippen LogP contribution is -2.32. The van der Waals surface area contributed by atoms with Crippen molar-refractivity contribution in [2.45, 2.75) is 53.9 Å². The van der Waals surface area contributed by atoms with Crippen molar-refractivity contribution < 1.29 is 18.7 Å². The van der Waals surface area contributed by atoms with Gasteiger partial charge in [-0.15, -0.1) is 0 Å². The molecule has 0 saturated carbocycles. The van der Waals surface area contributed by atoms with E-state index >= 15 is 0 Å². The second kappa shape index (κ2) is 11.0. The highest BCUT2D eigenvalue weighted by Gasteiger charge is 2.35. The number of esters is 1. The van der Waals surface area contributed by atoms with Crippen LogP contribution >= 0.6 is 0 Å². The van der Waals surface area contributed by atoms with Gasteiger partial charge in [-0.25, -0.2) is 4.58 Å². The molecule has 0 N–H and O–H groups in total. The van der Waals surface area contributed by atoms with E-state index in [2.05, 4.69) is 76.1 Å². The quantitative estimate of drug-likeness (QED) is 0.173. The van der Waals surface area contributed by atoms with Gasteiger partial charge in [-0.2, -0.15) is 0 Å². The summed E-state index contributed by atoms with van der Waals surface area (Å²) in [6.07, 6.45) is 3.31. The van der Waals surface area contributed by atoms with Gasteiger partial charge in [0.05, 0.1) is 11.6 Å². The van der Waals surface area contributed by atoms with Crippen LogP contribution in [0.5, 0.6) is 5.75 Å². The largest absolute Gasteiger partial charge is 0.456 e. The smallest absolute Gasteiger partial charge is 0.326 e. The molecule has 0 radical (unpaired) electrons. The molecular formula is C32H39N2O4+. The molecule has 1 unspecified atom stereocenters. The maximum absolute atomic E-state index is 13.3. The Morgan fingerprint density at radius 2 is 1.61 bits per heavy atom. The number of carbonyl (C=O) groups is 2. The Balaban J connectivity index is 1.73. The molecule has 0 spiro atoms. The van der Waals surface area contributed by atoms with E-state index in [1.807, 2.05) is 12.1 Å². The fourth-order valence-electron chi connectivity index (χ4n) is 5.07. The highest BCUT2D eigenvalue weighted by molar-refractivity contribution is 6.15. The minimum atomic E-state index is -1.02. The molecule has 0 amide bonds. The summed E-state index contributed by atoms with van der Waals surface area (Å²) in [5.41, 5.74) is 3.41. The normalized spacial score (nSPS) is 15.6. The van der Waals surface area contributed by atoms with Crippen molar-refractivity contribution in [3.05, 3.63) is 70.8 Å². The third-order valence-electron chi connectivity index (χ3n) is 7.27. The number of benzene rings is 2. The number of hydrogen-bond acceptors (Lipinski definition) is 5. The van der Waals surface area contributed by atoms with E-state index in [0.717, 1.165) is 54.1 Å². The molecule has 0 aromatic heterocycles. The van der Waals surface area contributed by atoms with Gasteiger partial charge in [-0.05, 0) is 69.0 Å². The number of Topliss-reactive ketones (excluding diaryl/α,β-unsaturated/α-hetero) is 1. The molecule has 1 aromatic carbocycles. The molecule has 0 fully saturated rings. The summed E-state index contributed by atoms with van der Waals surface area (Å²) in [6, 6.07) is 13.8. The van der Waals surface area contributed by atoms with Crippen molar-refractivity contribution in [1.82, 2.24) is 4.58 Å². The minimum Gasteiger partial charge on any atom is -0.456 e. The predicted molar refractivity (Wildman–Crippen MR) is 153 cm³/mol. The van der Waals surface area contributed by atoms with Crippen LogP contribution in [0.4, 0.5) is 5.69 Å². The summed E-state index contributed by atoms with van der Waals surface area (Å²) < 4.78 is 14.2. The van der Waals surface area contributed by atoms with E-state index in [4.69, 9.17) is 9.15 Å². The van der Waals surface area contributed by atoms with E-state index in [9.17, 15) is 9.59 Å². The number of fused-ring (bicyclic) bond motifs is 2. The van der Waals surface area contributed by atoms with Gasteiger partial charge in [-0.3, -0.25) is 9.59 Å². The molecule has 2 aliphatic heterocycles. The first-order chi connectivity index (χ1) is 18.1. The van der Waals surface area contributed by atoms with Gasteiger partial charge < -0.3 is 14.1 Å². The van der Waals surface area contributed by atoms with E-state index in [1.54, 1.807) is 24.3 Å². The summed E-state index contributed by atoms with van der Waals surface area (Å²) in [6.45, 7) is 18.3. The van der Waals surface area contributed by atoms with Crippen LogP contribution in [-0.2, 0) is 10.2 Å². The number of ketones is 1. The van der Waals surface area contributed by atoms with Gasteiger partial charge in [0.15, 0.2) is 5.78 Å². The molecule has 1 aliphatic carbocycles. The van der Waals surface area contributed by atoms with Crippen molar-refractivity contribution in [2.75, 3.05) is 31.1 Å². The molecule has 200 valence electrons. The fourth-order valence-corrected chi connectivity index (χ4v) is 5.07. The SMILES string of the molecule is CCN(CC)c1ccc2c(c1)OC(=O)C(/C=C/c1cc(C(C)(C)C)c3ccc(=[N+](CC)CC)cc-3o1)C2=O. The molecule has 1 atom stereocenters. The lowest BCUT2D eigenvalue weighted by molar-refractivity contribution is -0.136. The van der Waals surface area contributed by atoms with Gasteiger partial charge >= 0.3 is 5.97 Å². The molecular weight excluding hydrogens is 476 g/mol. The highest BCUT2D eigenvalue weighted by Crippen LogP contribution is 2.36. The van der Waals surface area contributed by atoms with Crippen LogP contribution < -0.4 is 19.6 Å². The number of carbonyl (C=O) groups excluding carboxylic acids is 2. The molecule has 38 heavy (non-hydrogen) atoms. The Hall–Kier alpha value is -3.67. The molecule has 6 heteroatoms. The average molecular weight is 516 g/mol. The predicted octanol–water partition coefficient (Wildman–Crippen LogP) is 5.77. The zero-order valence-electron chi connectivity index (χ0n) is 23.6. The van der Waals surface area contributed by atoms with Crippen LogP contribution in [-0.4, -0.2) is 37.9 Å². The molecule has 1 aromatic rings. The second-order valence-corrected chi connectivity index (χ2v) is 10.6. The van der Waals surface area contributed by atoms with Gasteiger partial charge in [0.1, 0.15) is 36.3 Å². The lowest BCUT2D eigenvalue weighted by atomic mass is 9.82. The Kier molecular flexibility index (Phi) is 7.91. The molecule has 4 rings (SSSR count). The molecule has 0 bridgehead atoms. The number of ether oxygens (including phenoxy) is 1. The molecule has 2 heterocycles. The third-order valence-corrected chi connectivity index (χ3v) is 7.27. The van der Waals surface area contributed by atoms with Gasteiger partial charge in [0.25, 0.3) is 0 Å². The number of nitrogens with zero attached hydrogens (tertiary/aromatic N) is 2. The third kappa shape index (κ3) is 5.31. The standard InChI is InChI=1S/C32H39N2O4/c1-8-33(9-2)21-12-15-24-27(32(5,6)7)20-23(37-28(24)18-21)14-17-26-30(35)25-16-13-22(34(10-3)11-4)19-29(25)38-31(26)36/h12-20,26H,8-11H2,1-7H3/q+1/b17-14+. The summed E-state index contributed by atoms with van der Waals surface area (Å²) in [4.78, 5) is 28.3. The number of rotatable bonds is 7. The molecule has 3 aliphatic rings. The van der Waals surface area contributed by atoms with Crippen LogP contribution in [0.25, 0.3) is 17.4 Å². The van der Waals surface area contributed by atoms with Crippen LogP contribution in [0.3, 0.4) is 0 Å². The van der Waals surface area contributed by atoms with Crippen molar-refractivity contribution in [2.24, 2.45) is 5.92 Å². The van der Waals surface area contributed by atoms with Gasteiger partial charge in [-0.1, -0.05) is 26.8 Å². The van der Waals surface area contributed by atoms with Crippen LogP contribution in [0.2, 0.25) is 0 Å². The van der Waals surface area contributed by atoms with Crippen LogP contribution in [0, 0.1) is 5.92 Å². The Bertz CT molecular complexity index is 1410. The first kappa shape index (κ1) is 27.4. The Labute approximate surface area is 225 Å². The van der Waals surface area contributed by atoms with Gasteiger partial charge in [0.2, 0.25) is 5.36 Å². The highest BCUT2D eigenvalue weighted by atomic mass is 16.5. The first-order valence-corrected chi connectivity index (χ1v) is 13.6. The number of hydrogen-bond donors (Lipinski definition) is 0. The zero-order valence-corrected chi connectivity index (χ0v) is 23.6. The van der Waals surface area contributed by atoms with Crippen molar-refractivity contribution >= 4 is 23.5 Å². The zero-order chi connectivity index (χ0) is 27.6. The summed E-state index contributed by atoms with van der Waals surface area (Å²) in [5.74, 6) is -0.178. The lowest BCUT2D eigenvalue weighted by Gasteiger charge is -2.25. The molecule has 0 saturated heterocycles. The van der Waals surface area contributed by atoms with Gasteiger partial charge in [0, 0.05) is 36.5 Å². The summed E-state index contributed by atoms with van der Waals surface area (Å²) in [7, 11) is 0. The maximum atomic E-state index is 13.3. The van der Waals surface area contributed by atoms with Crippen molar-refractivity contribution in [3.8, 4) is 17.1 Å². The number of anilines is 1. The first-order valence-electron chi connectivity index (χ1n) is 13.6. The Morgan fingerprint density at radius 1 is 0.921 bits per heavy atom. The van der Waals surface area contributed by atoms with Crippen LogP contribution in [0.15, 0.2) is 53.0 Å². The minimum absolute atomic E-state index is 0.130. The maximum Gasteiger partial charge on any atom is 0.326 e. The monoisotopic (exact) mass is 515 g/mol. The fraction of sp³-hybridized carbons (Fsp3) is 0.406. The molecule has 6 nitrogen and oxygen atoms in total. The van der Waals surface area contributed by atoms with Crippen molar-refractivity contribution in [3.63, 3.8) is 0 Å². The van der Waals surface area contributed by atoms with E-state index in [1.165, 1.54) is 0 Å². The van der Waals surface area contributed by atoms with Crippen molar-refractivity contribution in [1.29, 1.82) is 0 Å². The van der Waals surface area contributed by atoms with E-state index in [-0.39, 0.29) is 11.2 Å². The summed E-state index contributed by atoms with van der Waals surface area (Å²) in [5, 5.41) is 1.10. The topological polar surface area (TPSA) is 62.8 Å². The van der Waals surface area contributed by atoms with E-state index in [0.29, 0.717) is 17.1 Å².